The first-order chi connectivity index (χ1) is 12.4. The van der Waals surface area contributed by atoms with E-state index in [0.717, 1.165) is 0 Å². The molecule has 0 atom stereocenters. The maximum absolute atomic E-state index is 2.31. The highest BCUT2D eigenvalue weighted by atomic mass is 14.2. The predicted molar refractivity (Wildman–Crippen MR) is 110 cm³/mol. The minimum absolute atomic E-state index is 0.334. The standard InChI is InChI=1S/C24H15B/c1-2-8-16(9-3-1)25-21-14-6-12-19-17-10-4-5-11-18(17)20-13-7-15-22(25)24(20)23(19)21/h1-15H. The van der Waals surface area contributed by atoms with Gasteiger partial charge in [0.2, 0.25) is 6.71 Å². The molecule has 0 bridgehead atoms. The van der Waals surface area contributed by atoms with Gasteiger partial charge in [0.1, 0.15) is 0 Å². The van der Waals surface area contributed by atoms with E-state index in [0.29, 0.717) is 6.71 Å². The lowest BCUT2D eigenvalue weighted by molar-refractivity contribution is 1.76. The summed E-state index contributed by atoms with van der Waals surface area (Å²) < 4.78 is 0. The fraction of sp³-hybridized carbons (Fsp3) is 0. The fourth-order valence-corrected chi connectivity index (χ4v) is 4.75. The van der Waals surface area contributed by atoms with Gasteiger partial charge in [-0.15, -0.1) is 0 Å². The van der Waals surface area contributed by atoms with Crippen LogP contribution in [0.5, 0.6) is 0 Å². The second-order valence-corrected chi connectivity index (χ2v) is 6.93. The van der Waals surface area contributed by atoms with Crippen molar-refractivity contribution in [3.63, 3.8) is 0 Å². The van der Waals surface area contributed by atoms with E-state index in [4.69, 9.17) is 0 Å². The van der Waals surface area contributed by atoms with Crippen molar-refractivity contribution in [2.24, 2.45) is 0 Å². The second kappa shape index (κ2) is 4.74. The zero-order valence-corrected chi connectivity index (χ0v) is 13.7. The lowest BCUT2D eigenvalue weighted by atomic mass is 9.38. The molecule has 0 aromatic heterocycles. The molecule has 6 rings (SSSR count). The number of fused-ring (bicyclic) bond motifs is 3. The first-order valence-electron chi connectivity index (χ1n) is 8.84. The first kappa shape index (κ1) is 13.3. The van der Waals surface area contributed by atoms with Crippen LogP contribution in [0.4, 0.5) is 0 Å². The summed E-state index contributed by atoms with van der Waals surface area (Å²) in [6, 6.07) is 33.4. The lowest BCUT2D eigenvalue weighted by Gasteiger charge is -2.10. The molecule has 1 aliphatic rings. The summed E-state index contributed by atoms with van der Waals surface area (Å²) >= 11 is 0. The van der Waals surface area contributed by atoms with Gasteiger partial charge in [-0.1, -0.05) is 107 Å². The molecule has 1 heterocycles. The van der Waals surface area contributed by atoms with Gasteiger partial charge in [0.05, 0.1) is 0 Å². The lowest BCUT2D eigenvalue weighted by Crippen LogP contribution is -2.49. The van der Waals surface area contributed by atoms with Gasteiger partial charge in [0.25, 0.3) is 0 Å². The Morgan fingerprint density at radius 3 is 1.44 bits per heavy atom. The molecule has 0 unspecified atom stereocenters. The Morgan fingerprint density at radius 2 is 0.880 bits per heavy atom. The van der Waals surface area contributed by atoms with Gasteiger partial charge in [-0.05, 0) is 32.3 Å². The van der Waals surface area contributed by atoms with E-state index >= 15 is 0 Å². The van der Waals surface area contributed by atoms with E-state index in [-0.39, 0.29) is 0 Å². The quantitative estimate of drug-likeness (QED) is 0.318. The minimum atomic E-state index is 0.334. The number of benzene rings is 5. The molecule has 0 nitrogen and oxygen atoms in total. The van der Waals surface area contributed by atoms with Crippen LogP contribution in [0.3, 0.4) is 0 Å². The molecule has 0 saturated carbocycles. The molecular weight excluding hydrogens is 299 g/mol. The summed E-state index contributed by atoms with van der Waals surface area (Å²) in [6.07, 6.45) is 0. The van der Waals surface area contributed by atoms with Crippen LogP contribution < -0.4 is 16.4 Å². The Balaban J connectivity index is 1.89. The van der Waals surface area contributed by atoms with Crippen molar-refractivity contribution >= 4 is 55.4 Å². The smallest absolute Gasteiger partial charge is 0.0686 e. The SMILES string of the molecule is c1ccc(B2c3cccc4c5ccccc5c5cccc2c5c34)cc1. The van der Waals surface area contributed by atoms with Crippen LogP contribution in [0.2, 0.25) is 0 Å². The van der Waals surface area contributed by atoms with E-state index in [1.54, 1.807) is 0 Å². The van der Waals surface area contributed by atoms with Gasteiger partial charge in [-0.3, -0.25) is 0 Å². The summed E-state index contributed by atoms with van der Waals surface area (Å²) in [5.41, 5.74) is 4.27. The summed E-state index contributed by atoms with van der Waals surface area (Å²) in [5, 5.41) is 8.37. The molecule has 114 valence electrons. The Morgan fingerprint density at radius 1 is 0.400 bits per heavy atom. The highest BCUT2D eigenvalue weighted by Gasteiger charge is 2.32. The Labute approximate surface area is 146 Å². The molecule has 5 aromatic rings. The largest absolute Gasteiger partial charge is 0.242 e. The van der Waals surface area contributed by atoms with Crippen molar-refractivity contribution in [2.75, 3.05) is 0 Å². The topological polar surface area (TPSA) is 0 Å². The van der Waals surface area contributed by atoms with Gasteiger partial charge in [0.15, 0.2) is 0 Å². The van der Waals surface area contributed by atoms with Crippen LogP contribution in [0, 0.1) is 0 Å². The third kappa shape index (κ3) is 1.63. The van der Waals surface area contributed by atoms with Crippen molar-refractivity contribution in [3.8, 4) is 0 Å². The van der Waals surface area contributed by atoms with E-state index < -0.39 is 0 Å². The average molecular weight is 314 g/mol. The van der Waals surface area contributed by atoms with Gasteiger partial charge >= 0.3 is 0 Å². The minimum Gasteiger partial charge on any atom is -0.0686 e. The van der Waals surface area contributed by atoms with Gasteiger partial charge in [0, 0.05) is 0 Å². The average Bonchev–Trinajstić information content (AvgIpc) is 3.03. The summed E-state index contributed by atoms with van der Waals surface area (Å²) in [7, 11) is 0. The highest BCUT2D eigenvalue weighted by molar-refractivity contribution is 7.01. The second-order valence-electron chi connectivity index (χ2n) is 6.93. The van der Waals surface area contributed by atoms with E-state index in [1.807, 2.05) is 0 Å². The van der Waals surface area contributed by atoms with Crippen molar-refractivity contribution in [1.29, 1.82) is 0 Å². The molecule has 0 spiro atoms. The van der Waals surface area contributed by atoms with Crippen LogP contribution in [-0.4, -0.2) is 6.71 Å². The fourth-order valence-electron chi connectivity index (χ4n) is 4.75. The van der Waals surface area contributed by atoms with E-state index in [1.165, 1.54) is 48.7 Å². The normalized spacial score (nSPS) is 12.7. The van der Waals surface area contributed by atoms with E-state index in [2.05, 4.69) is 91.0 Å². The summed E-state index contributed by atoms with van der Waals surface area (Å²) in [6.45, 7) is 0.334. The van der Waals surface area contributed by atoms with Gasteiger partial charge < -0.3 is 0 Å². The molecular formula is C24H15B. The zero-order chi connectivity index (χ0) is 16.4. The molecule has 0 fully saturated rings. The molecule has 0 aliphatic carbocycles. The van der Waals surface area contributed by atoms with Crippen molar-refractivity contribution < 1.29 is 0 Å². The number of hydrogen-bond acceptors (Lipinski definition) is 0. The predicted octanol–water partition coefficient (Wildman–Crippen LogP) is 3.98. The third-order valence-electron chi connectivity index (χ3n) is 5.71. The Bertz CT molecular complexity index is 1200. The van der Waals surface area contributed by atoms with Crippen LogP contribution >= 0.6 is 0 Å². The van der Waals surface area contributed by atoms with Crippen molar-refractivity contribution in [2.45, 2.75) is 0 Å². The van der Waals surface area contributed by atoms with Crippen molar-refractivity contribution in [3.05, 3.63) is 91.0 Å². The van der Waals surface area contributed by atoms with Crippen LogP contribution in [0.15, 0.2) is 91.0 Å². The van der Waals surface area contributed by atoms with Crippen LogP contribution in [0.25, 0.3) is 32.3 Å². The van der Waals surface area contributed by atoms with Crippen LogP contribution in [0.1, 0.15) is 0 Å². The zero-order valence-electron chi connectivity index (χ0n) is 13.7. The van der Waals surface area contributed by atoms with Gasteiger partial charge in [-0.2, -0.15) is 0 Å². The molecule has 1 heteroatoms. The third-order valence-corrected chi connectivity index (χ3v) is 5.71. The maximum atomic E-state index is 2.31. The monoisotopic (exact) mass is 314 g/mol. The molecule has 0 radical (unpaired) electrons. The molecule has 0 amide bonds. The van der Waals surface area contributed by atoms with Crippen molar-refractivity contribution in [1.82, 2.24) is 0 Å². The Hall–Kier alpha value is -3.06. The van der Waals surface area contributed by atoms with E-state index in [9.17, 15) is 0 Å². The highest BCUT2D eigenvalue weighted by Crippen LogP contribution is 2.35. The number of hydrogen-bond donors (Lipinski definition) is 0. The first-order valence-corrected chi connectivity index (χ1v) is 8.84. The summed E-state index contributed by atoms with van der Waals surface area (Å²) in [5.74, 6) is 0. The van der Waals surface area contributed by atoms with Gasteiger partial charge in [-0.25, -0.2) is 0 Å². The maximum Gasteiger partial charge on any atom is 0.242 e. The summed E-state index contributed by atoms with van der Waals surface area (Å²) in [4.78, 5) is 0. The van der Waals surface area contributed by atoms with Crippen LogP contribution in [-0.2, 0) is 0 Å². The molecule has 0 N–H and O–H groups in total. The molecule has 0 saturated heterocycles. The number of rotatable bonds is 1. The Kier molecular flexibility index (Phi) is 2.51. The molecule has 5 aromatic carbocycles. The molecule has 25 heavy (non-hydrogen) atoms. The molecule has 1 aliphatic heterocycles.